The van der Waals surface area contributed by atoms with Gasteiger partial charge in [0.15, 0.2) is 9.84 Å². The van der Waals surface area contributed by atoms with Gasteiger partial charge in [0.2, 0.25) is 0 Å². The van der Waals surface area contributed by atoms with E-state index in [2.05, 4.69) is 21.3 Å². The standard InChI is InChI=1S/2C17H33BN4O8S2.2C17H33BN4O6S2/c19-17(16(23)24)12-21(10-14(17)4-1-5-18(25)26)32(29,30)22(15-7-20-8-15)9-13-3-2-6-31(27,28)11-13;19-17(16(23)24)12-21(11-14(17)2-1-5-18(25)26)32(29,30)22(15-8-20-9-15)10-13-3-6-31(27,28)7-4-13;19-17(16(23)24)12-21(10-14(17)4-1-5-18(25)26)30(27,28)22(15-7-20-8-15)9-13-3-2-6-29-11-13;19-17(16(23)24)12-21(11-14(17)2-1-5-18(25)26)30(27,28)22(15-8-20-9-15)10-13-3-6-29-7-4-13/h2*13-15,20,25-26H,1-12,19H2,(H,23,24);2*13-15,20,25-26H,1-12,19H2,(H,23,24)/t13?,14-,17-;14-,17-;13?,14-,17-;14-,17-/m0000/s1. The van der Waals surface area contributed by atoms with Gasteiger partial charge >= 0.3 is 52.4 Å². The van der Waals surface area contributed by atoms with Crippen molar-refractivity contribution in [3.05, 3.63) is 0 Å². The first-order chi connectivity index (χ1) is 58.0. The van der Waals surface area contributed by atoms with Crippen LogP contribution in [0, 0.1) is 47.3 Å². The fraction of sp³-hybridized carbons (Fsp3) is 0.941. The lowest BCUT2D eigenvalue weighted by Crippen LogP contribution is -2.62. The lowest BCUT2D eigenvalue weighted by molar-refractivity contribution is -0.145. The highest BCUT2D eigenvalue weighted by molar-refractivity contribution is 7.99. The summed E-state index contributed by atoms with van der Waals surface area (Å²) >= 11 is 3.74. The monoisotopic (exact) mass is 1920 g/mol. The third kappa shape index (κ3) is 27.0. The summed E-state index contributed by atoms with van der Waals surface area (Å²) in [5.74, 6) is -3.10. The molecular weight excluding hydrogens is 1790 g/mol. The van der Waals surface area contributed by atoms with E-state index in [9.17, 15) is 90.1 Å². The molecule has 0 bridgehead atoms. The molecule has 0 radical (unpaired) electrons. The molecule has 12 heterocycles. The van der Waals surface area contributed by atoms with E-state index >= 15 is 0 Å². The highest BCUT2D eigenvalue weighted by Gasteiger charge is 2.59. The predicted molar refractivity (Wildman–Crippen MR) is 467 cm³/mol. The number of hydrogen-bond acceptors (Lipinski definition) is 34. The molecule has 12 aliphatic heterocycles. The molecule has 0 saturated carbocycles. The van der Waals surface area contributed by atoms with Gasteiger partial charge < -0.3 is 105 Å². The summed E-state index contributed by atoms with van der Waals surface area (Å²) < 4.78 is 167. The molecule has 24 N–H and O–H groups in total. The number of nitrogens with two attached hydrogens (primary N) is 4. The van der Waals surface area contributed by atoms with Crippen molar-refractivity contribution in [1.82, 2.24) is 55.7 Å². The number of nitrogens with zero attached hydrogens (tertiary/aromatic N) is 8. The normalized spacial score (nSPS) is 30.4. The van der Waals surface area contributed by atoms with Crippen molar-refractivity contribution in [3.8, 4) is 0 Å². The van der Waals surface area contributed by atoms with Crippen molar-refractivity contribution < 1.29 is 130 Å². The Labute approximate surface area is 739 Å². The number of hydrogen-bond donors (Lipinski definition) is 20. The number of carboxylic acid groups (broad SMARTS) is 4. The maximum atomic E-state index is 13.6. The van der Waals surface area contributed by atoms with Crippen LogP contribution in [0.25, 0.3) is 0 Å². The Morgan fingerprint density at radius 1 is 0.371 bits per heavy atom. The van der Waals surface area contributed by atoms with Gasteiger partial charge in [-0.1, -0.05) is 25.7 Å². The van der Waals surface area contributed by atoms with Gasteiger partial charge in [-0.2, -0.15) is 91.6 Å². The molecule has 12 fully saturated rings. The second-order valence-electron chi connectivity index (χ2n) is 35.9. The van der Waals surface area contributed by atoms with E-state index in [1.165, 1.54) is 17.2 Å². The van der Waals surface area contributed by atoms with Gasteiger partial charge in [-0.05, 0) is 149 Å². The van der Waals surface area contributed by atoms with Crippen LogP contribution in [0.4, 0.5) is 0 Å². The zero-order valence-electron chi connectivity index (χ0n) is 70.2. The minimum absolute atomic E-state index is 0.0305. The summed E-state index contributed by atoms with van der Waals surface area (Å²) in [6.07, 6.45) is 8.67. The summed E-state index contributed by atoms with van der Waals surface area (Å²) in [5.41, 5.74) is 17.8. The molecule has 0 aliphatic carbocycles. The predicted octanol–water partition coefficient (Wildman–Crippen LogP) is -8.18. The number of thioether (sulfide) groups is 2. The second kappa shape index (κ2) is 45.1. The van der Waals surface area contributed by atoms with Gasteiger partial charge in [0.25, 0.3) is 40.8 Å². The minimum Gasteiger partial charge on any atom is -0.480 e. The third-order valence-corrected chi connectivity index (χ3v) is 40.6. The average Bonchev–Trinajstić information content (AvgIpc) is 1.63. The van der Waals surface area contributed by atoms with E-state index in [1.54, 1.807) is 8.61 Å². The molecule has 124 heavy (non-hydrogen) atoms. The zero-order valence-corrected chi connectivity index (χ0v) is 76.8. The van der Waals surface area contributed by atoms with E-state index in [1.807, 2.05) is 23.5 Å². The Morgan fingerprint density at radius 3 is 0.895 bits per heavy atom. The van der Waals surface area contributed by atoms with E-state index in [0.717, 1.165) is 57.3 Å². The molecule has 712 valence electrons. The summed E-state index contributed by atoms with van der Waals surface area (Å²) in [4.78, 5) is 47.7. The van der Waals surface area contributed by atoms with Gasteiger partial charge in [-0.15, -0.1) is 0 Å². The van der Waals surface area contributed by atoms with E-state index in [-0.39, 0.29) is 156 Å². The van der Waals surface area contributed by atoms with Crippen molar-refractivity contribution in [2.45, 2.75) is 174 Å². The molecule has 56 heteroatoms. The molecule has 0 spiro atoms. The van der Waals surface area contributed by atoms with Crippen LogP contribution in [-0.2, 0) is 79.7 Å². The van der Waals surface area contributed by atoms with Crippen molar-refractivity contribution >= 4 is 136 Å². The maximum Gasteiger partial charge on any atom is 0.451 e. The van der Waals surface area contributed by atoms with Crippen molar-refractivity contribution in [2.75, 3.05) is 177 Å². The molecule has 0 amide bonds. The van der Waals surface area contributed by atoms with Gasteiger partial charge in [-0.3, -0.25) is 19.2 Å². The van der Waals surface area contributed by atoms with Crippen LogP contribution in [0.2, 0.25) is 25.3 Å². The molecule has 10 atom stereocenters. The van der Waals surface area contributed by atoms with Gasteiger partial charge in [-0.25, -0.2) is 16.8 Å². The van der Waals surface area contributed by atoms with Crippen LogP contribution in [0.15, 0.2) is 0 Å². The Balaban J connectivity index is 0.000000187. The first-order valence-corrected chi connectivity index (χ1v) is 54.5. The fourth-order valence-corrected chi connectivity index (χ4v) is 31.9. The lowest BCUT2D eigenvalue weighted by atomic mass is 9.78. The summed E-state index contributed by atoms with van der Waals surface area (Å²) in [6.45, 7) is 3.98. The number of rotatable bonds is 40. The number of carbonyl (C=O) groups is 4. The highest BCUT2D eigenvalue weighted by atomic mass is 32.2. The van der Waals surface area contributed by atoms with E-state index < -0.39 is 165 Å². The minimum atomic E-state index is -4.09. The summed E-state index contributed by atoms with van der Waals surface area (Å²) in [7, 11) is -28.1. The molecule has 12 aliphatic rings. The number of sulfone groups is 2. The lowest BCUT2D eigenvalue weighted by Gasteiger charge is -2.41. The van der Waals surface area contributed by atoms with Crippen molar-refractivity contribution in [1.29, 1.82) is 0 Å². The van der Waals surface area contributed by atoms with E-state index in [4.69, 9.17) is 63.1 Å². The smallest absolute Gasteiger partial charge is 0.451 e. The van der Waals surface area contributed by atoms with E-state index in [0.29, 0.717) is 141 Å². The van der Waals surface area contributed by atoms with Crippen LogP contribution in [0.3, 0.4) is 0 Å². The van der Waals surface area contributed by atoms with Crippen LogP contribution in [-0.4, -0.2) is 421 Å². The van der Waals surface area contributed by atoms with Crippen molar-refractivity contribution in [2.24, 2.45) is 70.3 Å². The third-order valence-electron chi connectivity index (χ3n) is 26.8. The molecule has 0 aromatic carbocycles. The number of aliphatic carboxylic acids is 4. The summed E-state index contributed by atoms with van der Waals surface area (Å²) in [6, 6.07) is -0.850. The molecule has 0 aromatic heterocycles. The molecule has 44 nitrogen and oxygen atoms in total. The highest BCUT2D eigenvalue weighted by Crippen LogP contribution is 2.41. The maximum absolute atomic E-state index is 13.6. The fourth-order valence-electron chi connectivity index (χ4n) is 18.3. The topological polar surface area (TPSA) is 694 Å². The van der Waals surface area contributed by atoms with Gasteiger partial charge in [0, 0.05) is 155 Å². The molecule has 2 unspecified atom stereocenters. The Bertz CT molecular complexity index is 4130. The molecule has 12 saturated heterocycles. The molecular formula is C68H132B4N16O28S8. The van der Waals surface area contributed by atoms with Gasteiger partial charge in [0.1, 0.15) is 32.0 Å². The second-order valence-corrected chi connectivity index (χ2v) is 50.3. The Morgan fingerprint density at radius 2 is 0.645 bits per heavy atom. The number of carboxylic acids is 4. The number of nitrogens with one attached hydrogen (secondary N) is 4. The molecule has 0 aromatic rings. The Kier molecular flexibility index (Phi) is 38.3. The Hall–Kier alpha value is -2.42. The average molecular weight is 1920 g/mol. The largest absolute Gasteiger partial charge is 0.480 e. The first kappa shape index (κ1) is 105. The molecule has 12 rings (SSSR count). The van der Waals surface area contributed by atoms with Crippen LogP contribution in [0.5, 0.6) is 0 Å². The van der Waals surface area contributed by atoms with Crippen LogP contribution in [0.1, 0.15) is 103 Å². The van der Waals surface area contributed by atoms with Crippen LogP contribution < -0.4 is 44.2 Å². The summed E-state index contributed by atoms with van der Waals surface area (Å²) in [5, 5.41) is 124. The first-order valence-electron chi connectivity index (χ1n) is 43.0. The van der Waals surface area contributed by atoms with Crippen LogP contribution >= 0.6 is 23.5 Å². The SMILES string of the molecule is N[C@@]1(C(=O)O)CN(S(=O)(=O)N(CC2CCCS(=O)(=O)C2)C2CNC2)C[C@@H]1CCCB(O)O.N[C@@]1(C(=O)O)CN(S(=O)(=O)N(CC2CCCSC2)C2CNC2)C[C@@H]1CCCB(O)O.N[C@@]1(C(=O)O)CN(S(=O)(=O)N(CC2CCS(=O)(=O)CC2)C2CNC2)C[C@@H]1CCCB(O)O.N[C@@]1(C(=O)O)CN(S(=O)(=O)N(CC2CCSCC2)C2CNC2)C[C@@H]1CCCB(O)O. The van der Waals surface area contributed by atoms with Crippen molar-refractivity contribution in [3.63, 3.8) is 0 Å². The quantitative estimate of drug-likeness (QED) is 0.0253. The zero-order chi connectivity index (χ0) is 91.3. The van der Waals surface area contributed by atoms with Gasteiger partial charge in [0.05, 0.1) is 47.2 Å².